The molecule has 26 heavy (non-hydrogen) atoms. The molecule has 0 amide bonds. The normalized spacial score (nSPS) is 11.3. The molecule has 9 heteroatoms. The van der Waals surface area contributed by atoms with Gasteiger partial charge in [-0.15, -0.1) is 10.2 Å². The van der Waals surface area contributed by atoms with Crippen molar-refractivity contribution in [1.29, 1.82) is 0 Å². The second-order valence-corrected chi connectivity index (χ2v) is 7.03. The van der Waals surface area contributed by atoms with Gasteiger partial charge in [0.25, 0.3) is 0 Å². The molecule has 2 aromatic heterocycles. The lowest BCUT2D eigenvalue weighted by Crippen LogP contribution is -2.06. The van der Waals surface area contributed by atoms with Crippen LogP contribution in [0.5, 0.6) is 11.6 Å². The number of hydrogen-bond donors (Lipinski definition) is 1. The maximum atomic E-state index is 6.15. The Morgan fingerprint density at radius 3 is 2.46 bits per heavy atom. The van der Waals surface area contributed by atoms with Gasteiger partial charge in [0.2, 0.25) is 5.88 Å². The van der Waals surface area contributed by atoms with Crippen molar-refractivity contribution in [2.45, 2.75) is 46.1 Å². The smallest absolute Gasteiger partial charge is 0.221 e. The number of rotatable bonds is 7. The highest BCUT2D eigenvalue weighted by molar-refractivity contribution is 6.34. The molecule has 1 N–H and O–H groups in total. The molecule has 0 aliphatic carbocycles. The van der Waals surface area contributed by atoms with E-state index in [1.807, 2.05) is 4.68 Å². The van der Waals surface area contributed by atoms with Gasteiger partial charge >= 0.3 is 0 Å². The Balaban J connectivity index is 1.93. The second kappa shape index (κ2) is 8.05. The maximum Gasteiger partial charge on any atom is 0.221 e. The van der Waals surface area contributed by atoms with E-state index >= 15 is 0 Å². The van der Waals surface area contributed by atoms with Crippen LogP contribution in [-0.4, -0.2) is 30.4 Å². The number of aromatic amines is 1. The molecular formula is C17H20Cl2N6O. The van der Waals surface area contributed by atoms with Crippen LogP contribution in [0.2, 0.25) is 10.0 Å². The summed E-state index contributed by atoms with van der Waals surface area (Å²) in [5.41, 5.74) is 2.02. The minimum absolute atomic E-state index is 0.142. The van der Waals surface area contributed by atoms with E-state index in [0.717, 1.165) is 17.7 Å². The number of aromatic nitrogens is 6. The summed E-state index contributed by atoms with van der Waals surface area (Å²) in [5, 5.41) is 19.9. The van der Waals surface area contributed by atoms with Gasteiger partial charge in [-0.3, -0.25) is 0 Å². The fourth-order valence-electron chi connectivity index (χ4n) is 2.73. The molecule has 0 bridgehead atoms. The molecular weight excluding hydrogens is 375 g/mol. The topological polar surface area (TPSA) is 81.5 Å². The predicted octanol–water partition coefficient (Wildman–Crippen LogP) is 4.42. The van der Waals surface area contributed by atoms with Gasteiger partial charge in [-0.25, -0.2) is 4.68 Å². The lowest BCUT2D eigenvalue weighted by molar-refractivity contribution is 0.385. The number of tetrazole rings is 1. The molecule has 2 heterocycles. The summed E-state index contributed by atoms with van der Waals surface area (Å²) in [5.74, 6) is 1.96. The van der Waals surface area contributed by atoms with Crippen molar-refractivity contribution in [2.24, 2.45) is 0 Å². The third kappa shape index (κ3) is 4.16. The summed E-state index contributed by atoms with van der Waals surface area (Å²) in [7, 11) is 0. The summed E-state index contributed by atoms with van der Waals surface area (Å²) in [4.78, 5) is 0. The van der Waals surface area contributed by atoms with Gasteiger partial charge in [-0.1, -0.05) is 35.3 Å². The summed E-state index contributed by atoms with van der Waals surface area (Å²) in [6.45, 7) is 6.21. The Bertz CT molecular complexity index is 856. The molecule has 0 saturated heterocycles. The molecule has 0 radical (unpaired) electrons. The molecule has 3 rings (SSSR count). The van der Waals surface area contributed by atoms with E-state index in [-0.39, 0.29) is 6.04 Å². The molecule has 0 spiro atoms. The minimum atomic E-state index is 0.142. The number of aryl methyl sites for hydroxylation is 2. The van der Waals surface area contributed by atoms with Gasteiger partial charge in [0.15, 0.2) is 5.82 Å². The SMILES string of the molecule is CCc1c(CCc2nn[nH]n2)nn(C(C)C)c1Oc1cc(Cl)cc(Cl)c1. The van der Waals surface area contributed by atoms with Crippen LogP contribution in [0.15, 0.2) is 18.2 Å². The largest absolute Gasteiger partial charge is 0.439 e. The standard InChI is InChI=1S/C17H20Cl2N6O/c1-4-14-15(5-6-16-20-23-24-21-16)22-25(10(2)3)17(14)26-13-8-11(18)7-12(19)9-13/h7-10H,4-6H2,1-3H3,(H,20,21,23,24). The predicted molar refractivity (Wildman–Crippen MR) is 100 cm³/mol. The summed E-state index contributed by atoms with van der Waals surface area (Å²) in [6, 6.07) is 5.30. The molecule has 0 atom stereocenters. The van der Waals surface area contributed by atoms with Crippen LogP contribution in [-0.2, 0) is 19.3 Å². The molecule has 138 valence electrons. The number of halogens is 2. The van der Waals surface area contributed by atoms with E-state index in [0.29, 0.717) is 40.3 Å². The van der Waals surface area contributed by atoms with Crippen LogP contribution in [0.3, 0.4) is 0 Å². The van der Waals surface area contributed by atoms with E-state index in [2.05, 4.69) is 41.4 Å². The van der Waals surface area contributed by atoms with Crippen molar-refractivity contribution in [3.05, 3.63) is 45.3 Å². The highest BCUT2D eigenvalue weighted by atomic mass is 35.5. The Kier molecular flexibility index (Phi) is 5.78. The first-order valence-corrected chi connectivity index (χ1v) is 9.20. The number of nitrogens with zero attached hydrogens (tertiary/aromatic N) is 5. The molecule has 3 aromatic rings. The first kappa shape index (κ1) is 18.7. The van der Waals surface area contributed by atoms with Gasteiger partial charge in [-0.05, 0) is 44.9 Å². The lowest BCUT2D eigenvalue weighted by atomic mass is 10.1. The van der Waals surface area contributed by atoms with Gasteiger partial charge < -0.3 is 4.74 Å². The maximum absolute atomic E-state index is 6.15. The van der Waals surface area contributed by atoms with Gasteiger partial charge in [0.05, 0.1) is 11.7 Å². The Labute approximate surface area is 161 Å². The molecule has 1 aromatic carbocycles. The van der Waals surface area contributed by atoms with Crippen LogP contribution in [0.4, 0.5) is 0 Å². The summed E-state index contributed by atoms with van der Waals surface area (Å²) in [6.07, 6.45) is 2.15. The van der Waals surface area contributed by atoms with E-state index in [1.165, 1.54) is 0 Å². The number of ether oxygens (including phenoxy) is 1. The van der Waals surface area contributed by atoms with Crippen molar-refractivity contribution in [1.82, 2.24) is 30.4 Å². The van der Waals surface area contributed by atoms with Crippen molar-refractivity contribution in [3.8, 4) is 11.6 Å². The van der Waals surface area contributed by atoms with Gasteiger partial charge in [0.1, 0.15) is 5.75 Å². The summed E-state index contributed by atoms with van der Waals surface area (Å²) < 4.78 is 8.04. The van der Waals surface area contributed by atoms with Crippen molar-refractivity contribution in [2.75, 3.05) is 0 Å². The van der Waals surface area contributed by atoms with Crippen molar-refractivity contribution < 1.29 is 4.74 Å². The number of benzene rings is 1. The zero-order valence-corrected chi connectivity index (χ0v) is 16.3. The Morgan fingerprint density at radius 1 is 1.15 bits per heavy atom. The highest BCUT2D eigenvalue weighted by Crippen LogP contribution is 2.34. The number of nitrogens with one attached hydrogen (secondary N) is 1. The van der Waals surface area contributed by atoms with Crippen LogP contribution < -0.4 is 4.74 Å². The lowest BCUT2D eigenvalue weighted by Gasteiger charge is -2.13. The van der Waals surface area contributed by atoms with Crippen LogP contribution >= 0.6 is 23.2 Å². The number of hydrogen-bond acceptors (Lipinski definition) is 5. The molecule has 7 nitrogen and oxygen atoms in total. The average Bonchev–Trinajstić information content (AvgIpc) is 3.19. The monoisotopic (exact) mass is 394 g/mol. The van der Waals surface area contributed by atoms with Crippen LogP contribution in [0, 0.1) is 0 Å². The quantitative estimate of drug-likeness (QED) is 0.640. The average molecular weight is 395 g/mol. The van der Waals surface area contributed by atoms with E-state index in [9.17, 15) is 0 Å². The molecule has 0 aliphatic heterocycles. The molecule has 0 fully saturated rings. The number of H-pyrrole nitrogens is 1. The zero-order valence-electron chi connectivity index (χ0n) is 14.8. The van der Waals surface area contributed by atoms with Crippen molar-refractivity contribution >= 4 is 23.2 Å². The van der Waals surface area contributed by atoms with Gasteiger partial charge in [0, 0.05) is 22.0 Å². The third-order valence-corrected chi connectivity index (χ3v) is 4.35. The molecule has 0 unspecified atom stereocenters. The second-order valence-electron chi connectivity index (χ2n) is 6.16. The molecule has 0 saturated carbocycles. The molecule has 0 aliphatic rings. The fourth-order valence-corrected chi connectivity index (χ4v) is 3.24. The third-order valence-electron chi connectivity index (χ3n) is 3.91. The highest BCUT2D eigenvalue weighted by Gasteiger charge is 2.21. The fraction of sp³-hybridized carbons (Fsp3) is 0.412. The Hall–Kier alpha value is -2.12. The van der Waals surface area contributed by atoms with Crippen LogP contribution in [0.25, 0.3) is 0 Å². The van der Waals surface area contributed by atoms with Gasteiger partial charge in [-0.2, -0.15) is 10.3 Å². The van der Waals surface area contributed by atoms with Crippen LogP contribution in [0.1, 0.15) is 43.9 Å². The zero-order chi connectivity index (χ0) is 18.7. The van der Waals surface area contributed by atoms with E-state index in [4.69, 9.17) is 33.0 Å². The van der Waals surface area contributed by atoms with E-state index < -0.39 is 0 Å². The Morgan fingerprint density at radius 2 is 1.88 bits per heavy atom. The first-order chi connectivity index (χ1) is 12.5. The minimum Gasteiger partial charge on any atom is -0.439 e. The summed E-state index contributed by atoms with van der Waals surface area (Å²) >= 11 is 12.2. The van der Waals surface area contributed by atoms with E-state index in [1.54, 1.807) is 18.2 Å². The van der Waals surface area contributed by atoms with Crippen molar-refractivity contribution in [3.63, 3.8) is 0 Å². The first-order valence-electron chi connectivity index (χ1n) is 8.44.